The maximum absolute atomic E-state index is 5.82. The Bertz CT molecular complexity index is 505. The molecule has 4 nitrogen and oxygen atoms in total. The SMILES string of the molecule is Cc1nc(-c2ccccc2OCCC(C)C)n[nH]1. The molecule has 0 saturated carbocycles. The van der Waals surface area contributed by atoms with E-state index in [-0.39, 0.29) is 0 Å². The van der Waals surface area contributed by atoms with Gasteiger partial charge in [-0.25, -0.2) is 4.98 Å². The molecule has 0 bridgehead atoms. The molecule has 0 atom stereocenters. The number of rotatable bonds is 5. The Morgan fingerprint density at radius 2 is 2.06 bits per heavy atom. The summed E-state index contributed by atoms with van der Waals surface area (Å²) >= 11 is 0. The Kier molecular flexibility index (Phi) is 3.97. The van der Waals surface area contributed by atoms with E-state index in [0.717, 1.165) is 30.2 Å². The van der Waals surface area contributed by atoms with E-state index in [1.54, 1.807) is 0 Å². The van der Waals surface area contributed by atoms with Gasteiger partial charge in [0.1, 0.15) is 11.6 Å². The number of H-pyrrole nitrogens is 1. The lowest BCUT2D eigenvalue weighted by Gasteiger charge is -2.10. The predicted octanol–water partition coefficient (Wildman–Crippen LogP) is 3.21. The van der Waals surface area contributed by atoms with E-state index in [0.29, 0.717) is 11.7 Å². The number of nitrogens with one attached hydrogen (secondary N) is 1. The van der Waals surface area contributed by atoms with Crippen molar-refractivity contribution in [3.8, 4) is 17.1 Å². The number of aromatic nitrogens is 3. The molecule has 0 aliphatic carbocycles. The van der Waals surface area contributed by atoms with Crippen LogP contribution in [-0.2, 0) is 0 Å². The van der Waals surface area contributed by atoms with E-state index in [4.69, 9.17) is 4.74 Å². The summed E-state index contributed by atoms with van der Waals surface area (Å²) in [6.45, 7) is 6.98. The minimum atomic E-state index is 0.642. The van der Waals surface area contributed by atoms with E-state index in [1.807, 2.05) is 31.2 Å². The normalized spacial score (nSPS) is 10.9. The van der Waals surface area contributed by atoms with Crippen molar-refractivity contribution in [1.82, 2.24) is 15.2 Å². The minimum Gasteiger partial charge on any atom is -0.493 e. The predicted molar refractivity (Wildman–Crippen MR) is 71.5 cm³/mol. The second-order valence-electron chi connectivity index (χ2n) is 4.77. The lowest BCUT2D eigenvalue weighted by molar-refractivity contribution is 0.290. The fraction of sp³-hybridized carbons (Fsp3) is 0.429. The van der Waals surface area contributed by atoms with E-state index in [9.17, 15) is 0 Å². The van der Waals surface area contributed by atoms with Crippen LogP contribution in [0.2, 0.25) is 0 Å². The second-order valence-corrected chi connectivity index (χ2v) is 4.77. The van der Waals surface area contributed by atoms with Gasteiger partial charge in [0.15, 0.2) is 5.82 Å². The first-order chi connectivity index (χ1) is 8.66. The highest BCUT2D eigenvalue weighted by Gasteiger charge is 2.10. The fourth-order valence-electron chi connectivity index (χ4n) is 1.64. The number of benzene rings is 1. The van der Waals surface area contributed by atoms with Crippen LogP contribution in [-0.4, -0.2) is 21.8 Å². The highest BCUT2D eigenvalue weighted by molar-refractivity contribution is 5.63. The van der Waals surface area contributed by atoms with Gasteiger partial charge in [-0.2, -0.15) is 5.10 Å². The number of nitrogens with zero attached hydrogens (tertiary/aromatic N) is 2. The summed E-state index contributed by atoms with van der Waals surface area (Å²) in [5.74, 6) is 2.98. The Labute approximate surface area is 107 Å². The Hall–Kier alpha value is -1.84. The molecule has 1 N–H and O–H groups in total. The quantitative estimate of drug-likeness (QED) is 0.880. The van der Waals surface area contributed by atoms with Crippen LogP contribution in [0, 0.1) is 12.8 Å². The van der Waals surface area contributed by atoms with E-state index in [2.05, 4.69) is 29.0 Å². The third-order valence-corrected chi connectivity index (χ3v) is 2.68. The van der Waals surface area contributed by atoms with Gasteiger partial charge in [0, 0.05) is 0 Å². The lowest BCUT2D eigenvalue weighted by atomic mass is 10.1. The Morgan fingerprint density at radius 3 is 2.72 bits per heavy atom. The van der Waals surface area contributed by atoms with Gasteiger partial charge in [0.05, 0.1) is 12.2 Å². The molecule has 2 aromatic rings. The highest BCUT2D eigenvalue weighted by Crippen LogP contribution is 2.27. The molecule has 1 heterocycles. The first kappa shape index (κ1) is 12.6. The smallest absolute Gasteiger partial charge is 0.184 e. The molecule has 96 valence electrons. The van der Waals surface area contributed by atoms with Crippen molar-refractivity contribution in [3.63, 3.8) is 0 Å². The largest absolute Gasteiger partial charge is 0.493 e. The van der Waals surface area contributed by atoms with Crippen molar-refractivity contribution < 1.29 is 4.74 Å². The number of aromatic amines is 1. The zero-order chi connectivity index (χ0) is 13.0. The summed E-state index contributed by atoms with van der Waals surface area (Å²) in [6.07, 6.45) is 1.04. The molecule has 1 aromatic heterocycles. The van der Waals surface area contributed by atoms with Crippen LogP contribution in [0.3, 0.4) is 0 Å². The minimum absolute atomic E-state index is 0.642. The van der Waals surface area contributed by atoms with Crippen molar-refractivity contribution in [1.29, 1.82) is 0 Å². The maximum Gasteiger partial charge on any atom is 0.184 e. The maximum atomic E-state index is 5.82. The number of aryl methyl sites for hydroxylation is 1. The van der Waals surface area contributed by atoms with Crippen LogP contribution in [0.15, 0.2) is 24.3 Å². The summed E-state index contributed by atoms with van der Waals surface area (Å²) in [5.41, 5.74) is 0.936. The third kappa shape index (κ3) is 3.09. The van der Waals surface area contributed by atoms with Gasteiger partial charge in [0.25, 0.3) is 0 Å². The molecule has 0 aliphatic heterocycles. The van der Waals surface area contributed by atoms with Crippen molar-refractivity contribution in [2.24, 2.45) is 5.92 Å². The summed E-state index contributed by atoms with van der Waals surface area (Å²) in [7, 11) is 0. The molecule has 0 unspecified atom stereocenters. The number of ether oxygens (including phenoxy) is 1. The monoisotopic (exact) mass is 245 g/mol. The van der Waals surface area contributed by atoms with Gasteiger partial charge in [0.2, 0.25) is 0 Å². The van der Waals surface area contributed by atoms with E-state index in [1.165, 1.54) is 0 Å². The standard InChI is InChI=1S/C14H19N3O/c1-10(2)8-9-18-13-7-5-4-6-12(13)14-15-11(3)16-17-14/h4-7,10H,8-9H2,1-3H3,(H,15,16,17). The van der Waals surface area contributed by atoms with Gasteiger partial charge in [-0.1, -0.05) is 26.0 Å². The van der Waals surface area contributed by atoms with Crippen molar-refractivity contribution in [2.45, 2.75) is 27.2 Å². The molecule has 0 radical (unpaired) electrons. The average molecular weight is 245 g/mol. The molecule has 1 aromatic carbocycles. The molecular weight excluding hydrogens is 226 g/mol. The average Bonchev–Trinajstić information content (AvgIpc) is 2.76. The lowest BCUT2D eigenvalue weighted by Crippen LogP contribution is -2.02. The first-order valence-electron chi connectivity index (χ1n) is 6.28. The highest BCUT2D eigenvalue weighted by atomic mass is 16.5. The fourth-order valence-corrected chi connectivity index (χ4v) is 1.64. The van der Waals surface area contributed by atoms with Crippen LogP contribution in [0.1, 0.15) is 26.1 Å². The number of hydrogen-bond donors (Lipinski definition) is 1. The molecule has 0 fully saturated rings. The summed E-state index contributed by atoms with van der Waals surface area (Å²) in [5, 5.41) is 7.03. The van der Waals surface area contributed by atoms with Gasteiger partial charge in [-0.15, -0.1) is 0 Å². The van der Waals surface area contributed by atoms with Crippen LogP contribution in [0.5, 0.6) is 5.75 Å². The van der Waals surface area contributed by atoms with Gasteiger partial charge in [-0.3, -0.25) is 5.10 Å². The zero-order valence-corrected chi connectivity index (χ0v) is 11.1. The van der Waals surface area contributed by atoms with Crippen molar-refractivity contribution >= 4 is 0 Å². The van der Waals surface area contributed by atoms with Gasteiger partial charge >= 0.3 is 0 Å². The Balaban J connectivity index is 2.15. The van der Waals surface area contributed by atoms with Gasteiger partial charge < -0.3 is 4.74 Å². The number of para-hydroxylation sites is 1. The summed E-state index contributed by atoms with van der Waals surface area (Å²) in [6, 6.07) is 7.87. The van der Waals surface area contributed by atoms with Crippen molar-refractivity contribution in [2.75, 3.05) is 6.61 Å². The molecule has 4 heteroatoms. The molecule has 0 spiro atoms. The second kappa shape index (κ2) is 5.67. The van der Waals surface area contributed by atoms with Crippen molar-refractivity contribution in [3.05, 3.63) is 30.1 Å². The van der Waals surface area contributed by atoms with Crippen LogP contribution < -0.4 is 4.74 Å². The topological polar surface area (TPSA) is 50.8 Å². The zero-order valence-electron chi connectivity index (χ0n) is 11.1. The molecule has 0 amide bonds. The number of hydrogen-bond acceptors (Lipinski definition) is 3. The summed E-state index contributed by atoms with van der Waals surface area (Å²) < 4.78 is 5.82. The van der Waals surface area contributed by atoms with Gasteiger partial charge in [-0.05, 0) is 31.4 Å². The van der Waals surface area contributed by atoms with E-state index < -0.39 is 0 Å². The third-order valence-electron chi connectivity index (χ3n) is 2.68. The van der Waals surface area contributed by atoms with Crippen LogP contribution >= 0.6 is 0 Å². The Morgan fingerprint density at radius 1 is 1.28 bits per heavy atom. The molecule has 2 rings (SSSR count). The molecule has 0 aliphatic rings. The molecule has 0 saturated heterocycles. The van der Waals surface area contributed by atoms with Crippen LogP contribution in [0.4, 0.5) is 0 Å². The first-order valence-corrected chi connectivity index (χ1v) is 6.28. The molecular formula is C14H19N3O. The van der Waals surface area contributed by atoms with Crippen LogP contribution in [0.25, 0.3) is 11.4 Å². The van der Waals surface area contributed by atoms with E-state index >= 15 is 0 Å². The summed E-state index contributed by atoms with van der Waals surface area (Å²) in [4.78, 5) is 4.34. The molecule has 18 heavy (non-hydrogen) atoms.